The molecule has 0 saturated carbocycles. The Bertz CT molecular complexity index is 1490. The number of thiophene rings is 1. The van der Waals surface area contributed by atoms with Crippen molar-refractivity contribution in [3.8, 4) is 5.75 Å². The molecule has 6 heteroatoms. The lowest BCUT2D eigenvalue weighted by molar-refractivity contribution is 0.0988. The summed E-state index contributed by atoms with van der Waals surface area (Å²) in [5.41, 5.74) is 3.42. The van der Waals surface area contributed by atoms with E-state index in [1.807, 2.05) is 85.8 Å². The molecule has 0 aliphatic carbocycles. The number of halogens is 1. The number of pyridine rings is 1. The molecular formula is C27H21ClN2O2S. The Balaban J connectivity index is 1.61. The molecule has 0 atom stereocenters. The number of anilines is 1. The van der Waals surface area contributed by atoms with Crippen molar-refractivity contribution in [3.05, 3.63) is 100 Å². The zero-order valence-electron chi connectivity index (χ0n) is 18.2. The number of hydrogen-bond donors (Lipinski definition) is 0. The molecule has 0 unspecified atom stereocenters. The predicted octanol–water partition coefficient (Wildman–Crippen LogP) is 7.27. The lowest BCUT2D eigenvalue weighted by atomic mass is 10.1. The number of benzene rings is 3. The summed E-state index contributed by atoms with van der Waals surface area (Å²) < 4.78 is 6.35. The van der Waals surface area contributed by atoms with Gasteiger partial charge in [-0.05, 0) is 48.9 Å². The van der Waals surface area contributed by atoms with Crippen LogP contribution >= 0.6 is 22.9 Å². The Kier molecular flexibility index (Phi) is 5.75. The fourth-order valence-electron chi connectivity index (χ4n) is 3.96. The highest BCUT2D eigenvalue weighted by molar-refractivity contribution is 7.21. The lowest BCUT2D eigenvalue weighted by Crippen LogP contribution is -2.31. The van der Waals surface area contributed by atoms with Crippen LogP contribution < -0.4 is 9.64 Å². The number of amides is 1. The van der Waals surface area contributed by atoms with Gasteiger partial charge in [0.2, 0.25) is 0 Å². The van der Waals surface area contributed by atoms with Crippen LogP contribution in [0.4, 0.5) is 5.69 Å². The summed E-state index contributed by atoms with van der Waals surface area (Å²) in [5.74, 6) is 0.594. The Morgan fingerprint density at radius 2 is 1.82 bits per heavy atom. The van der Waals surface area contributed by atoms with Crippen LogP contribution in [-0.2, 0) is 6.54 Å². The molecule has 0 fully saturated rings. The van der Waals surface area contributed by atoms with Crippen LogP contribution in [0.2, 0.25) is 5.02 Å². The van der Waals surface area contributed by atoms with Crippen LogP contribution in [0.1, 0.15) is 20.9 Å². The number of fused-ring (bicyclic) bond motifs is 2. The van der Waals surface area contributed by atoms with E-state index in [9.17, 15) is 4.79 Å². The van der Waals surface area contributed by atoms with Crippen molar-refractivity contribution in [2.24, 2.45) is 0 Å². The van der Waals surface area contributed by atoms with Gasteiger partial charge < -0.3 is 9.64 Å². The van der Waals surface area contributed by atoms with Crippen molar-refractivity contribution in [1.82, 2.24) is 4.98 Å². The summed E-state index contributed by atoms with van der Waals surface area (Å²) in [7, 11) is 1.63. The first-order valence-corrected chi connectivity index (χ1v) is 11.7. The summed E-state index contributed by atoms with van der Waals surface area (Å²) in [6.07, 6.45) is 0. The van der Waals surface area contributed by atoms with Gasteiger partial charge in [-0.25, -0.2) is 0 Å². The fraction of sp³-hybridized carbons (Fsp3) is 0.111. The molecule has 4 nitrogen and oxygen atoms in total. The molecule has 3 aromatic carbocycles. The van der Waals surface area contributed by atoms with Gasteiger partial charge in [0.1, 0.15) is 10.6 Å². The largest absolute Gasteiger partial charge is 0.497 e. The first-order valence-electron chi connectivity index (χ1n) is 10.5. The van der Waals surface area contributed by atoms with Gasteiger partial charge in [0.15, 0.2) is 0 Å². The number of aryl methyl sites for hydroxylation is 1. The number of hydrogen-bond acceptors (Lipinski definition) is 4. The number of nitrogens with zero attached hydrogens (tertiary/aromatic N) is 2. The standard InChI is InChI=1S/C27H21ClN2O2S/c1-17-15-20(32-2)13-14-23(17)30(16-19-12-11-18-7-3-5-9-22(18)29-19)27(31)26-25(28)21-8-4-6-10-24(21)33-26/h3-15H,16H2,1-2H3. The van der Waals surface area contributed by atoms with E-state index in [4.69, 9.17) is 21.3 Å². The van der Waals surface area contributed by atoms with E-state index in [0.29, 0.717) is 16.4 Å². The van der Waals surface area contributed by atoms with Gasteiger partial charge in [-0.3, -0.25) is 9.78 Å². The molecule has 0 bridgehead atoms. The topological polar surface area (TPSA) is 42.4 Å². The zero-order chi connectivity index (χ0) is 22.9. The number of ether oxygens (including phenoxy) is 1. The highest BCUT2D eigenvalue weighted by Gasteiger charge is 2.25. The van der Waals surface area contributed by atoms with E-state index in [1.165, 1.54) is 11.3 Å². The molecule has 164 valence electrons. The highest BCUT2D eigenvalue weighted by atomic mass is 35.5. The monoisotopic (exact) mass is 472 g/mol. The maximum absolute atomic E-state index is 13.9. The van der Waals surface area contributed by atoms with Crippen LogP contribution in [0.25, 0.3) is 21.0 Å². The Hall–Kier alpha value is -3.41. The van der Waals surface area contributed by atoms with E-state index in [0.717, 1.165) is 43.7 Å². The third-order valence-corrected chi connectivity index (χ3v) is 7.31. The molecule has 5 aromatic rings. The Labute approximate surface area is 201 Å². The SMILES string of the molecule is COc1ccc(N(Cc2ccc3ccccc3n2)C(=O)c2sc3ccccc3c2Cl)c(C)c1. The van der Waals surface area contributed by atoms with Crippen LogP contribution in [0.15, 0.2) is 78.9 Å². The van der Waals surface area contributed by atoms with Gasteiger partial charge in [-0.1, -0.05) is 54.1 Å². The fourth-order valence-corrected chi connectivity index (χ4v) is 5.42. The van der Waals surface area contributed by atoms with E-state index in [1.54, 1.807) is 12.0 Å². The summed E-state index contributed by atoms with van der Waals surface area (Å²) in [6, 6.07) is 25.5. The van der Waals surface area contributed by atoms with Crippen molar-refractivity contribution < 1.29 is 9.53 Å². The number of carbonyl (C=O) groups excluding carboxylic acids is 1. The van der Waals surface area contributed by atoms with Gasteiger partial charge >= 0.3 is 0 Å². The second-order valence-corrected chi connectivity index (χ2v) is 9.21. The maximum Gasteiger partial charge on any atom is 0.270 e. The number of para-hydroxylation sites is 1. The lowest BCUT2D eigenvalue weighted by Gasteiger charge is -2.24. The van der Waals surface area contributed by atoms with E-state index >= 15 is 0 Å². The number of aromatic nitrogens is 1. The minimum absolute atomic E-state index is 0.149. The van der Waals surface area contributed by atoms with Crippen LogP contribution in [0.3, 0.4) is 0 Å². The first kappa shape index (κ1) is 21.4. The van der Waals surface area contributed by atoms with Crippen LogP contribution in [0.5, 0.6) is 5.75 Å². The molecule has 0 radical (unpaired) electrons. The Morgan fingerprint density at radius 3 is 2.61 bits per heavy atom. The van der Waals surface area contributed by atoms with Gasteiger partial charge in [-0.15, -0.1) is 11.3 Å². The smallest absolute Gasteiger partial charge is 0.270 e. The van der Waals surface area contributed by atoms with Gasteiger partial charge in [0.25, 0.3) is 5.91 Å². The molecule has 0 aliphatic rings. The molecule has 0 aliphatic heterocycles. The quantitative estimate of drug-likeness (QED) is 0.270. The van der Waals surface area contributed by atoms with Gasteiger partial charge in [0, 0.05) is 21.2 Å². The minimum atomic E-state index is -0.149. The van der Waals surface area contributed by atoms with Crippen LogP contribution in [-0.4, -0.2) is 18.0 Å². The van der Waals surface area contributed by atoms with E-state index in [-0.39, 0.29) is 5.91 Å². The third-order valence-electron chi connectivity index (χ3n) is 5.65. The molecule has 0 spiro atoms. The maximum atomic E-state index is 13.9. The van der Waals surface area contributed by atoms with Crippen molar-refractivity contribution in [3.63, 3.8) is 0 Å². The van der Waals surface area contributed by atoms with Crippen LogP contribution in [0, 0.1) is 6.92 Å². The predicted molar refractivity (Wildman–Crippen MR) is 137 cm³/mol. The summed E-state index contributed by atoms with van der Waals surface area (Å²) in [4.78, 5) is 21.0. The number of methoxy groups -OCH3 is 1. The minimum Gasteiger partial charge on any atom is -0.497 e. The molecular weight excluding hydrogens is 452 g/mol. The zero-order valence-corrected chi connectivity index (χ0v) is 19.8. The second kappa shape index (κ2) is 8.85. The summed E-state index contributed by atoms with van der Waals surface area (Å²) in [5, 5.41) is 2.44. The molecule has 0 saturated heterocycles. The van der Waals surface area contributed by atoms with Crippen molar-refractivity contribution in [2.45, 2.75) is 13.5 Å². The van der Waals surface area contributed by atoms with Gasteiger partial charge in [0.05, 0.1) is 29.9 Å². The van der Waals surface area contributed by atoms with Gasteiger partial charge in [-0.2, -0.15) is 0 Å². The molecule has 0 N–H and O–H groups in total. The number of rotatable bonds is 5. The molecule has 2 aromatic heterocycles. The first-order chi connectivity index (χ1) is 16.0. The summed E-state index contributed by atoms with van der Waals surface area (Å²) >= 11 is 8.09. The molecule has 2 heterocycles. The summed E-state index contributed by atoms with van der Waals surface area (Å²) in [6.45, 7) is 2.29. The molecule has 1 amide bonds. The highest BCUT2D eigenvalue weighted by Crippen LogP contribution is 2.37. The second-order valence-electron chi connectivity index (χ2n) is 7.78. The Morgan fingerprint density at radius 1 is 1.03 bits per heavy atom. The van der Waals surface area contributed by atoms with Crippen molar-refractivity contribution in [2.75, 3.05) is 12.0 Å². The van der Waals surface area contributed by atoms with E-state index in [2.05, 4.69) is 0 Å². The average molecular weight is 473 g/mol. The number of carbonyl (C=O) groups is 1. The van der Waals surface area contributed by atoms with Crippen molar-refractivity contribution in [1.29, 1.82) is 0 Å². The average Bonchev–Trinajstić information content (AvgIpc) is 3.18. The molecule has 5 rings (SSSR count). The molecule has 33 heavy (non-hydrogen) atoms. The van der Waals surface area contributed by atoms with E-state index < -0.39 is 0 Å². The third kappa shape index (κ3) is 4.06. The normalized spacial score (nSPS) is 11.1. The van der Waals surface area contributed by atoms with Crippen molar-refractivity contribution >= 4 is 55.5 Å².